The summed E-state index contributed by atoms with van der Waals surface area (Å²) in [7, 11) is 0. The van der Waals surface area contributed by atoms with Gasteiger partial charge in [-0.3, -0.25) is 0 Å². The van der Waals surface area contributed by atoms with E-state index in [1.54, 1.807) is 18.4 Å². The molecule has 2 aromatic heterocycles. The minimum absolute atomic E-state index is 0.0684. The SMILES string of the molecule is O=C(O)c1oc(-c2ccco2)c2c1CCC2. The number of hydrogen-bond acceptors (Lipinski definition) is 3. The number of hydrogen-bond donors (Lipinski definition) is 1. The standard InChI is InChI=1S/C12H10O4/c13-12(14)11-8-4-1-3-7(8)10(16-11)9-5-2-6-15-9/h2,5-6H,1,3-4H2,(H,13,14). The molecule has 0 saturated carbocycles. The molecule has 4 heteroatoms. The maximum absolute atomic E-state index is 11.0. The number of furan rings is 2. The third-order valence-electron chi connectivity index (χ3n) is 2.91. The zero-order valence-electron chi connectivity index (χ0n) is 8.53. The summed E-state index contributed by atoms with van der Waals surface area (Å²) in [6.45, 7) is 0. The highest BCUT2D eigenvalue weighted by atomic mass is 16.4. The molecule has 3 rings (SSSR count). The second-order valence-corrected chi connectivity index (χ2v) is 3.85. The van der Waals surface area contributed by atoms with E-state index >= 15 is 0 Å². The van der Waals surface area contributed by atoms with Gasteiger partial charge in [-0.25, -0.2) is 4.79 Å². The molecule has 4 nitrogen and oxygen atoms in total. The van der Waals surface area contributed by atoms with Crippen molar-refractivity contribution in [3.8, 4) is 11.5 Å². The van der Waals surface area contributed by atoms with Crippen molar-refractivity contribution in [1.82, 2.24) is 0 Å². The minimum Gasteiger partial charge on any atom is -0.475 e. The molecule has 2 aromatic rings. The summed E-state index contributed by atoms with van der Waals surface area (Å²) in [4.78, 5) is 11.0. The molecule has 0 radical (unpaired) electrons. The fourth-order valence-electron chi connectivity index (χ4n) is 2.25. The van der Waals surface area contributed by atoms with Crippen LogP contribution in [0.5, 0.6) is 0 Å². The van der Waals surface area contributed by atoms with Crippen LogP contribution in [-0.2, 0) is 12.8 Å². The molecular weight excluding hydrogens is 208 g/mol. The molecule has 0 unspecified atom stereocenters. The second kappa shape index (κ2) is 3.27. The summed E-state index contributed by atoms with van der Waals surface area (Å²) in [5.41, 5.74) is 1.83. The number of carboxylic acids is 1. The molecule has 1 aliphatic rings. The van der Waals surface area contributed by atoms with E-state index in [1.165, 1.54) is 0 Å². The average molecular weight is 218 g/mol. The highest BCUT2D eigenvalue weighted by Gasteiger charge is 2.29. The Morgan fingerprint density at radius 2 is 2.12 bits per heavy atom. The number of carbonyl (C=O) groups is 1. The van der Waals surface area contributed by atoms with Gasteiger partial charge in [0.05, 0.1) is 6.26 Å². The maximum atomic E-state index is 11.0. The van der Waals surface area contributed by atoms with Crippen LogP contribution in [0.3, 0.4) is 0 Å². The van der Waals surface area contributed by atoms with Crippen LogP contribution in [0.15, 0.2) is 27.2 Å². The fraction of sp³-hybridized carbons (Fsp3) is 0.250. The predicted octanol–water partition coefficient (Wildman–Crippen LogP) is 2.73. The number of fused-ring (bicyclic) bond motifs is 1. The minimum atomic E-state index is -1.00. The monoisotopic (exact) mass is 218 g/mol. The summed E-state index contributed by atoms with van der Waals surface area (Å²) in [6, 6.07) is 3.54. The highest BCUT2D eigenvalue weighted by molar-refractivity contribution is 5.88. The first-order valence-electron chi connectivity index (χ1n) is 5.19. The lowest BCUT2D eigenvalue weighted by Gasteiger charge is -1.94. The molecule has 0 aromatic carbocycles. The van der Waals surface area contributed by atoms with Gasteiger partial charge in [-0.2, -0.15) is 0 Å². The van der Waals surface area contributed by atoms with E-state index in [2.05, 4.69) is 0 Å². The Kier molecular flexibility index (Phi) is 1.89. The third kappa shape index (κ3) is 1.19. The summed E-state index contributed by atoms with van der Waals surface area (Å²) in [5, 5.41) is 9.04. The molecule has 0 fully saturated rings. The van der Waals surface area contributed by atoms with Gasteiger partial charge in [0, 0.05) is 11.1 Å². The number of aromatic carboxylic acids is 1. The van der Waals surface area contributed by atoms with Crippen molar-refractivity contribution in [1.29, 1.82) is 0 Å². The van der Waals surface area contributed by atoms with Crippen molar-refractivity contribution < 1.29 is 18.7 Å². The predicted molar refractivity (Wildman–Crippen MR) is 55.4 cm³/mol. The van der Waals surface area contributed by atoms with Gasteiger partial charge in [0.2, 0.25) is 5.76 Å². The Morgan fingerprint density at radius 3 is 2.81 bits per heavy atom. The van der Waals surface area contributed by atoms with E-state index in [0.29, 0.717) is 11.5 Å². The zero-order valence-corrected chi connectivity index (χ0v) is 8.53. The second-order valence-electron chi connectivity index (χ2n) is 3.85. The van der Waals surface area contributed by atoms with E-state index in [0.717, 1.165) is 30.4 Å². The molecular formula is C12H10O4. The molecule has 1 N–H and O–H groups in total. The van der Waals surface area contributed by atoms with Crippen LogP contribution in [0.1, 0.15) is 28.1 Å². The van der Waals surface area contributed by atoms with Crippen molar-refractivity contribution in [3.63, 3.8) is 0 Å². The quantitative estimate of drug-likeness (QED) is 0.841. The largest absolute Gasteiger partial charge is 0.475 e. The zero-order chi connectivity index (χ0) is 11.1. The van der Waals surface area contributed by atoms with Gasteiger partial charge in [0.15, 0.2) is 11.5 Å². The maximum Gasteiger partial charge on any atom is 0.372 e. The molecule has 16 heavy (non-hydrogen) atoms. The summed E-state index contributed by atoms with van der Waals surface area (Å²) >= 11 is 0. The van der Waals surface area contributed by atoms with Gasteiger partial charge in [0.1, 0.15) is 0 Å². The van der Waals surface area contributed by atoms with E-state index in [1.807, 2.05) is 0 Å². The Morgan fingerprint density at radius 1 is 1.31 bits per heavy atom. The topological polar surface area (TPSA) is 63.6 Å². The van der Waals surface area contributed by atoms with E-state index in [-0.39, 0.29) is 5.76 Å². The van der Waals surface area contributed by atoms with E-state index in [9.17, 15) is 4.79 Å². The van der Waals surface area contributed by atoms with Gasteiger partial charge >= 0.3 is 5.97 Å². The molecule has 1 aliphatic carbocycles. The smallest absolute Gasteiger partial charge is 0.372 e. The van der Waals surface area contributed by atoms with Crippen LogP contribution >= 0.6 is 0 Å². The molecule has 0 spiro atoms. The Balaban J connectivity index is 2.20. The van der Waals surface area contributed by atoms with Crippen LogP contribution < -0.4 is 0 Å². The fourth-order valence-corrected chi connectivity index (χ4v) is 2.25. The van der Waals surface area contributed by atoms with Gasteiger partial charge in [-0.15, -0.1) is 0 Å². The Hall–Kier alpha value is -1.97. The lowest BCUT2D eigenvalue weighted by molar-refractivity contribution is 0.0661. The average Bonchev–Trinajstić information content (AvgIpc) is 2.93. The molecule has 0 bridgehead atoms. The van der Waals surface area contributed by atoms with Crippen LogP contribution in [0.4, 0.5) is 0 Å². The van der Waals surface area contributed by atoms with Gasteiger partial charge in [-0.05, 0) is 31.4 Å². The van der Waals surface area contributed by atoms with Gasteiger partial charge in [0.25, 0.3) is 0 Å². The van der Waals surface area contributed by atoms with Crippen molar-refractivity contribution in [2.45, 2.75) is 19.3 Å². The lowest BCUT2D eigenvalue weighted by atomic mass is 10.1. The van der Waals surface area contributed by atoms with E-state index in [4.69, 9.17) is 13.9 Å². The molecule has 0 saturated heterocycles. The summed E-state index contributed by atoms with van der Waals surface area (Å²) in [5.74, 6) is 0.246. The van der Waals surface area contributed by atoms with Crippen molar-refractivity contribution in [2.24, 2.45) is 0 Å². The highest BCUT2D eigenvalue weighted by Crippen LogP contribution is 2.37. The first-order chi connectivity index (χ1) is 7.77. The van der Waals surface area contributed by atoms with E-state index < -0.39 is 5.97 Å². The van der Waals surface area contributed by atoms with Gasteiger partial charge < -0.3 is 13.9 Å². The van der Waals surface area contributed by atoms with Crippen molar-refractivity contribution in [2.75, 3.05) is 0 Å². The van der Waals surface area contributed by atoms with Crippen LogP contribution in [-0.4, -0.2) is 11.1 Å². The molecule has 82 valence electrons. The first kappa shape index (κ1) is 9.27. The molecule has 0 aliphatic heterocycles. The third-order valence-corrected chi connectivity index (χ3v) is 2.91. The molecule has 2 heterocycles. The molecule has 0 atom stereocenters. The first-order valence-corrected chi connectivity index (χ1v) is 5.19. The summed E-state index contributed by atoms with van der Waals surface area (Å²) < 4.78 is 10.7. The van der Waals surface area contributed by atoms with Gasteiger partial charge in [-0.1, -0.05) is 0 Å². The van der Waals surface area contributed by atoms with Crippen molar-refractivity contribution >= 4 is 5.97 Å². The van der Waals surface area contributed by atoms with Crippen molar-refractivity contribution in [3.05, 3.63) is 35.3 Å². The lowest BCUT2D eigenvalue weighted by Crippen LogP contribution is -1.97. The molecule has 0 amide bonds. The normalized spacial score (nSPS) is 14.0. The summed E-state index contributed by atoms with van der Waals surface area (Å²) in [6.07, 6.45) is 4.18. The van der Waals surface area contributed by atoms with Crippen LogP contribution in [0.2, 0.25) is 0 Å². The van der Waals surface area contributed by atoms with Crippen LogP contribution in [0.25, 0.3) is 11.5 Å². The van der Waals surface area contributed by atoms with Crippen LogP contribution in [0, 0.1) is 0 Å². The number of rotatable bonds is 2. The number of carboxylic acid groups (broad SMARTS) is 1. The Bertz CT molecular complexity index is 534. The Labute approximate surface area is 91.5 Å².